The summed E-state index contributed by atoms with van der Waals surface area (Å²) in [7, 11) is 0. The molecular formula is C11H20N2O3. The largest absolute Gasteiger partial charge is 0.393 e. The molecule has 1 amide bonds. The Labute approximate surface area is 95.5 Å². The molecule has 0 aromatic rings. The third kappa shape index (κ3) is 2.36. The summed E-state index contributed by atoms with van der Waals surface area (Å²) in [6, 6.07) is 0. The summed E-state index contributed by atoms with van der Waals surface area (Å²) < 4.78 is 5.81. The van der Waals surface area contributed by atoms with Crippen LogP contribution in [0.4, 0.5) is 0 Å². The van der Waals surface area contributed by atoms with E-state index in [0.717, 1.165) is 19.3 Å². The Bertz CT molecular complexity index is 262. The fourth-order valence-corrected chi connectivity index (χ4v) is 2.64. The van der Waals surface area contributed by atoms with Gasteiger partial charge in [-0.25, -0.2) is 0 Å². The number of aliphatic hydroxyl groups is 1. The van der Waals surface area contributed by atoms with E-state index < -0.39 is 0 Å². The molecule has 2 fully saturated rings. The summed E-state index contributed by atoms with van der Waals surface area (Å²) in [5.41, 5.74) is 5.14. The van der Waals surface area contributed by atoms with Crippen molar-refractivity contribution < 1.29 is 14.6 Å². The van der Waals surface area contributed by atoms with Crippen molar-refractivity contribution in [3.63, 3.8) is 0 Å². The Balaban J connectivity index is 1.90. The summed E-state index contributed by atoms with van der Waals surface area (Å²) in [5.74, 6) is 0.00575. The molecule has 0 saturated carbocycles. The lowest BCUT2D eigenvalue weighted by Crippen LogP contribution is -2.52. The minimum atomic E-state index is -0.245. The third-order valence-electron chi connectivity index (χ3n) is 3.67. The van der Waals surface area contributed by atoms with Crippen LogP contribution >= 0.6 is 0 Å². The standard InChI is InChI=1S/C11H20N2O3/c12-8-10(15)13-4-2-11(3-5-13)7-9(14)1-6-16-11/h9,14H,1-8,12H2/t9-/m0/s1. The van der Waals surface area contributed by atoms with E-state index in [0.29, 0.717) is 26.1 Å². The first-order valence-electron chi connectivity index (χ1n) is 5.95. The van der Waals surface area contributed by atoms with E-state index in [4.69, 9.17) is 10.5 Å². The van der Waals surface area contributed by atoms with Crippen LogP contribution in [0.3, 0.4) is 0 Å². The number of rotatable bonds is 1. The van der Waals surface area contributed by atoms with E-state index in [2.05, 4.69) is 0 Å². The number of hydrogen-bond donors (Lipinski definition) is 2. The van der Waals surface area contributed by atoms with Crippen molar-refractivity contribution in [2.24, 2.45) is 5.73 Å². The maximum absolute atomic E-state index is 11.4. The molecule has 92 valence electrons. The van der Waals surface area contributed by atoms with E-state index in [1.165, 1.54) is 0 Å². The van der Waals surface area contributed by atoms with Gasteiger partial charge in [0.1, 0.15) is 0 Å². The lowest BCUT2D eigenvalue weighted by molar-refractivity contribution is -0.153. The van der Waals surface area contributed by atoms with Gasteiger partial charge >= 0.3 is 0 Å². The highest BCUT2D eigenvalue weighted by Gasteiger charge is 2.40. The zero-order chi connectivity index (χ0) is 11.6. The van der Waals surface area contributed by atoms with Crippen LogP contribution in [-0.4, -0.2) is 53.9 Å². The van der Waals surface area contributed by atoms with Crippen molar-refractivity contribution in [2.45, 2.75) is 37.4 Å². The van der Waals surface area contributed by atoms with Gasteiger partial charge in [0.2, 0.25) is 5.91 Å². The van der Waals surface area contributed by atoms with Crippen LogP contribution in [0, 0.1) is 0 Å². The number of amides is 1. The molecule has 0 unspecified atom stereocenters. The molecule has 0 aromatic carbocycles. The van der Waals surface area contributed by atoms with Crippen LogP contribution in [0.1, 0.15) is 25.7 Å². The number of likely N-dealkylation sites (tertiary alicyclic amines) is 1. The maximum atomic E-state index is 11.4. The summed E-state index contributed by atoms with van der Waals surface area (Å²) >= 11 is 0. The molecule has 5 nitrogen and oxygen atoms in total. The molecule has 1 spiro atoms. The van der Waals surface area contributed by atoms with E-state index in [9.17, 15) is 9.90 Å². The molecule has 2 heterocycles. The van der Waals surface area contributed by atoms with Crippen LogP contribution in [0.5, 0.6) is 0 Å². The highest BCUT2D eigenvalue weighted by atomic mass is 16.5. The zero-order valence-corrected chi connectivity index (χ0v) is 9.52. The Morgan fingerprint density at radius 2 is 2.19 bits per heavy atom. The van der Waals surface area contributed by atoms with Crippen LogP contribution < -0.4 is 5.73 Å². The Hall–Kier alpha value is -0.650. The van der Waals surface area contributed by atoms with Gasteiger partial charge in [-0.05, 0) is 19.3 Å². The van der Waals surface area contributed by atoms with Crippen molar-refractivity contribution in [3.8, 4) is 0 Å². The number of nitrogens with zero attached hydrogens (tertiary/aromatic N) is 1. The molecule has 0 radical (unpaired) electrons. The van der Waals surface area contributed by atoms with Gasteiger partial charge in [-0.1, -0.05) is 0 Å². The second-order valence-corrected chi connectivity index (χ2v) is 4.76. The monoisotopic (exact) mass is 228 g/mol. The molecule has 5 heteroatoms. The predicted molar refractivity (Wildman–Crippen MR) is 58.8 cm³/mol. The van der Waals surface area contributed by atoms with Gasteiger partial charge < -0.3 is 20.5 Å². The van der Waals surface area contributed by atoms with Crippen molar-refractivity contribution >= 4 is 5.91 Å². The smallest absolute Gasteiger partial charge is 0.236 e. The highest BCUT2D eigenvalue weighted by Crippen LogP contribution is 2.34. The molecule has 0 aromatic heterocycles. The van der Waals surface area contributed by atoms with Gasteiger partial charge in [0.25, 0.3) is 0 Å². The van der Waals surface area contributed by atoms with Gasteiger partial charge in [-0.2, -0.15) is 0 Å². The third-order valence-corrected chi connectivity index (χ3v) is 3.67. The first-order valence-corrected chi connectivity index (χ1v) is 5.95. The molecule has 3 N–H and O–H groups in total. The van der Waals surface area contributed by atoms with Crippen LogP contribution in [0.25, 0.3) is 0 Å². The number of carbonyl (C=O) groups is 1. The molecule has 2 aliphatic rings. The number of piperidine rings is 1. The van der Waals surface area contributed by atoms with E-state index >= 15 is 0 Å². The maximum Gasteiger partial charge on any atom is 0.236 e. The Morgan fingerprint density at radius 3 is 2.75 bits per heavy atom. The number of hydrogen-bond acceptors (Lipinski definition) is 4. The zero-order valence-electron chi connectivity index (χ0n) is 9.52. The Morgan fingerprint density at radius 1 is 1.50 bits per heavy atom. The van der Waals surface area contributed by atoms with Gasteiger partial charge in [0, 0.05) is 26.1 Å². The van der Waals surface area contributed by atoms with Gasteiger partial charge in [-0.3, -0.25) is 4.79 Å². The molecule has 2 aliphatic heterocycles. The molecule has 2 saturated heterocycles. The lowest BCUT2D eigenvalue weighted by atomic mass is 9.83. The molecule has 1 atom stereocenters. The topological polar surface area (TPSA) is 75.8 Å². The minimum absolute atomic E-state index is 0.00575. The number of nitrogens with two attached hydrogens (primary N) is 1. The second-order valence-electron chi connectivity index (χ2n) is 4.76. The quantitative estimate of drug-likeness (QED) is 0.633. The van der Waals surface area contributed by atoms with Crippen LogP contribution in [0.15, 0.2) is 0 Å². The average molecular weight is 228 g/mol. The van der Waals surface area contributed by atoms with Gasteiger partial charge in [0.05, 0.1) is 18.2 Å². The number of carbonyl (C=O) groups excluding carboxylic acids is 1. The predicted octanol–water partition coefficient (Wildman–Crippen LogP) is -0.522. The highest BCUT2D eigenvalue weighted by molar-refractivity contribution is 5.78. The van der Waals surface area contributed by atoms with E-state index in [1.54, 1.807) is 4.90 Å². The fraction of sp³-hybridized carbons (Fsp3) is 0.909. The van der Waals surface area contributed by atoms with Gasteiger partial charge in [-0.15, -0.1) is 0 Å². The van der Waals surface area contributed by atoms with Crippen LogP contribution in [0.2, 0.25) is 0 Å². The summed E-state index contributed by atoms with van der Waals surface area (Å²) in [6.07, 6.45) is 2.82. The Kier molecular flexibility index (Phi) is 3.47. The van der Waals surface area contributed by atoms with Crippen molar-refractivity contribution in [3.05, 3.63) is 0 Å². The minimum Gasteiger partial charge on any atom is -0.393 e. The van der Waals surface area contributed by atoms with Crippen LogP contribution in [-0.2, 0) is 9.53 Å². The van der Waals surface area contributed by atoms with Crippen molar-refractivity contribution in [1.82, 2.24) is 4.90 Å². The normalized spacial score (nSPS) is 29.4. The van der Waals surface area contributed by atoms with Crippen molar-refractivity contribution in [2.75, 3.05) is 26.2 Å². The van der Waals surface area contributed by atoms with Gasteiger partial charge in [0.15, 0.2) is 0 Å². The first kappa shape index (κ1) is 11.8. The summed E-state index contributed by atoms with van der Waals surface area (Å²) in [6.45, 7) is 2.11. The van der Waals surface area contributed by atoms with Crippen molar-refractivity contribution in [1.29, 1.82) is 0 Å². The summed E-state index contributed by atoms with van der Waals surface area (Å²) in [4.78, 5) is 13.2. The lowest BCUT2D eigenvalue weighted by Gasteiger charge is -2.45. The molecule has 0 aliphatic carbocycles. The number of ether oxygens (including phenoxy) is 1. The van der Waals surface area contributed by atoms with E-state index in [1.807, 2.05) is 0 Å². The molecule has 0 bridgehead atoms. The second kappa shape index (κ2) is 4.69. The molecule has 16 heavy (non-hydrogen) atoms. The molecular weight excluding hydrogens is 208 g/mol. The average Bonchev–Trinajstić information content (AvgIpc) is 2.29. The summed E-state index contributed by atoms with van der Waals surface area (Å²) in [5, 5.41) is 9.67. The fourth-order valence-electron chi connectivity index (χ4n) is 2.64. The SMILES string of the molecule is NCC(=O)N1CCC2(CC1)C[C@@H](O)CCO2. The van der Waals surface area contributed by atoms with E-state index in [-0.39, 0.29) is 24.2 Å². The first-order chi connectivity index (χ1) is 7.65. The molecule has 2 rings (SSSR count). The number of aliphatic hydroxyl groups excluding tert-OH is 1.